The summed E-state index contributed by atoms with van der Waals surface area (Å²) in [6.45, 7) is 0.151. The zero-order chi connectivity index (χ0) is 15.5. The van der Waals surface area contributed by atoms with Crippen LogP contribution >= 0.6 is 0 Å². The minimum atomic E-state index is -0.318. The van der Waals surface area contributed by atoms with Crippen molar-refractivity contribution < 1.29 is 19.3 Å². The molecule has 0 fully saturated rings. The van der Waals surface area contributed by atoms with E-state index < -0.39 is 0 Å². The van der Waals surface area contributed by atoms with E-state index in [4.69, 9.17) is 5.11 Å². The van der Waals surface area contributed by atoms with Crippen molar-refractivity contribution in [2.45, 2.75) is 12.5 Å². The van der Waals surface area contributed by atoms with Crippen LogP contribution < -0.4 is 10.6 Å². The lowest BCUT2D eigenvalue weighted by molar-refractivity contribution is 0.301. The van der Waals surface area contributed by atoms with Gasteiger partial charge in [0.2, 0.25) is 5.82 Å². The third kappa shape index (κ3) is 2.58. The predicted octanol–water partition coefficient (Wildman–Crippen LogP) is 0.636. The molecule has 0 saturated carbocycles. The lowest BCUT2D eigenvalue weighted by atomic mass is 9.83. The third-order valence-corrected chi connectivity index (χ3v) is 3.44. The quantitative estimate of drug-likeness (QED) is 0.277. The van der Waals surface area contributed by atoms with Crippen LogP contribution in [-0.4, -0.2) is 39.6 Å². The normalized spacial score (nSPS) is 16.8. The van der Waals surface area contributed by atoms with Crippen molar-refractivity contribution in [3.63, 3.8) is 0 Å². The average Bonchev–Trinajstić information content (AvgIpc) is 2.97. The molecule has 22 heavy (non-hydrogen) atoms. The van der Waals surface area contributed by atoms with Crippen molar-refractivity contribution in [1.29, 1.82) is 0 Å². The number of anilines is 1. The van der Waals surface area contributed by atoms with Crippen LogP contribution in [0.5, 0.6) is 0 Å². The highest BCUT2D eigenvalue weighted by Crippen LogP contribution is 2.33. The maximum absolute atomic E-state index is 13.3. The van der Waals surface area contributed by atoms with E-state index in [9.17, 15) is 9.60 Å². The third-order valence-electron chi connectivity index (χ3n) is 3.44. The van der Waals surface area contributed by atoms with Crippen LogP contribution in [0.25, 0.3) is 0 Å². The van der Waals surface area contributed by atoms with Gasteiger partial charge < -0.3 is 20.9 Å². The van der Waals surface area contributed by atoms with Gasteiger partial charge in [-0.2, -0.15) is 0 Å². The lowest BCUT2D eigenvalue weighted by Gasteiger charge is -2.31. The van der Waals surface area contributed by atoms with Crippen LogP contribution in [0.15, 0.2) is 28.0 Å². The van der Waals surface area contributed by atoms with Gasteiger partial charge in [0, 0.05) is 6.54 Å². The van der Waals surface area contributed by atoms with Crippen molar-refractivity contribution in [3.05, 3.63) is 40.8 Å². The molecule has 0 bridgehead atoms. The number of benzene rings is 1. The minimum Gasteiger partial charge on any atom is -0.409 e. The second kappa shape index (κ2) is 5.98. The number of rotatable bonds is 5. The second-order valence-electron chi connectivity index (χ2n) is 4.80. The van der Waals surface area contributed by atoms with Gasteiger partial charge in [0.1, 0.15) is 5.82 Å². The van der Waals surface area contributed by atoms with Crippen molar-refractivity contribution in [3.8, 4) is 0 Å². The second-order valence-corrected chi connectivity index (χ2v) is 4.80. The van der Waals surface area contributed by atoms with E-state index in [-0.39, 0.29) is 42.4 Å². The number of hydrogen-bond donors (Lipinski definition) is 4. The molecule has 4 N–H and O–H groups in total. The molecule has 3 rings (SSSR count). The number of amidine groups is 1. The topological polar surface area (TPSA) is 116 Å². The van der Waals surface area contributed by atoms with Gasteiger partial charge in [0.15, 0.2) is 11.5 Å². The molecule has 1 atom stereocenters. The molecular formula is C13H14FN5O3. The van der Waals surface area contributed by atoms with Crippen LogP contribution in [0.1, 0.15) is 22.9 Å². The number of oxime groups is 1. The van der Waals surface area contributed by atoms with Gasteiger partial charge in [-0.15, -0.1) is 0 Å². The molecule has 0 amide bonds. The fourth-order valence-electron chi connectivity index (χ4n) is 2.35. The molecule has 1 aromatic carbocycles. The van der Waals surface area contributed by atoms with Crippen LogP contribution in [-0.2, 0) is 6.42 Å². The number of nitrogens with one attached hydrogen (secondary N) is 2. The Morgan fingerprint density at radius 3 is 3.09 bits per heavy atom. The Hall–Kier alpha value is -2.68. The number of aliphatic hydroxyl groups excluding tert-OH is 1. The van der Waals surface area contributed by atoms with Gasteiger partial charge in [0.25, 0.3) is 0 Å². The Morgan fingerprint density at radius 1 is 1.45 bits per heavy atom. The molecule has 0 unspecified atom stereocenters. The lowest BCUT2D eigenvalue weighted by Crippen LogP contribution is -2.37. The standard InChI is InChI=1S/C13H14FN5O3/c14-8-2-1-7-5-10(9(7)6-8)16-13(17-21)11-12(15-3-4-20)19-22-18-11/h1-2,6,10,20-21H,3-5H2,(H,15,19)(H,16,17)/t10-/m0/s1. The molecule has 2 aromatic rings. The Kier molecular flexibility index (Phi) is 3.88. The smallest absolute Gasteiger partial charge is 0.202 e. The van der Waals surface area contributed by atoms with Gasteiger partial charge in [-0.3, -0.25) is 0 Å². The highest BCUT2D eigenvalue weighted by atomic mass is 19.1. The first-order valence-corrected chi connectivity index (χ1v) is 6.67. The van der Waals surface area contributed by atoms with Crippen molar-refractivity contribution in [2.75, 3.05) is 18.5 Å². The zero-order valence-corrected chi connectivity index (χ0v) is 11.5. The van der Waals surface area contributed by atoms with Gasteiger partial charge in [-0.1, -0.05) is 11.2 Å². The Labute approximate surface area is 124 Å². The summed E-state index contributed by atoms with van der Waals surface area (Å²) in [5.74, 6) is -0.0177. The number of hydrogen-bond acceptors (Lipinski definition) is 7. The maximum Gasteiger partial charge on any atom is 0.202 e. The highest BCUT2D eigenvalue weighted by Gasteiger charge is 2.29. The Bertz CT molecular complexity index is 703. The van der Waals surface area contributed by atoms with Crippen LogP contribution in [0.3, 0.4) is 0 Å². The van der Waals surface area contributed by atoms with Crippen molar-refractivity contribution >= 4 is 11.7 Å². The SMILES string of the molecule is OCCNc1nonc1/C(=N\O)N[C@H]1Cc2ccc(F)cc21. The Morgan fingerprint density at radius 2 is 2.32 bits per heavy atom. The number of aromatic nitrogens is 2. The number of aliphatic hydroxyl groups is 1. The summed E-state index contributed by atoms with van der Waals surface area (Å²) in [4.78, 5) is 0. The number of nitrogens with zero attached hydrogens (tertiary/aromatic N) is 3. The van der Waals surface area contributed by atoms with Crippen LogP contribution in [0, 0.1) is 5.82 Å². The molecule has 116 valence electrons. The first-order chi connectivity index (χ1) is 10.7. The van der Waals surface area contributed by atoms with Gasteiger partial charge in [-0.05, 0) is 40.0 Å². The zero-order valence-electron chi connectivity index (χ0n) is 11.5. The summed E-state index contributed by atoms with van der Waals surface area (Å²) in [5, 5.41) is 34.2. The van der Waals surface area contributed by atoms with E-state index in [0.717, 1.165) is 11.1 Å². The number of halogens is 1. The predicted molar refractivity (Wildman–Crippen MR) is 74.2 cm³/mol. The largest absolute Gasteiger partial charge is 0.409 e. The van der Waals surface area contributed by atoms with E-state index in [1.54, 1.807) is 6.07 Å². The van der Waals surface area contributed by atoms with Crippen LogP contribution in [0.2, 0.25) is 0 Å². The molecule has 0 aliphatic heterocycles. The summed E-state index contributed by atoms with van der Waals surface area (Å²) >= 11 is 0. The molecule has 9 heteroatoms. The molecule has 1 heterocycles. The van der Waals surface area contributed by atoms with Gasteiger partial charge in [0.05, 0.1) is 12.6 Å². The molecule has 0 saturated heterocycles. The molecule has 0 spiro atoms. The van der Waals surface area contributed by atoms with Gasteiger partial charge in [-0.25, -0.2) is 9.02 Å². The molecule has 1 aromatic heterocycles. The summed E-state index contributed by atoms with van der Waals surface area (Å²) in [6.07, 6.45) is 0.680. The first kappa shape index (κ1) is 14.3. The summed E-state index contributed by atoms with van der Waals surface area (Å²) < 4.78 is 17.9. The summed E-state index contributed by atoms with van der Waals surface area (Å²) in [6, 6.07) is 4.40. The average molecular weight is 307 g/mol. The van der Waals surface area contributed by atoms with Gasteiger partial charge >= 0.3 is 0 Å². The van der Waals surface area contributed by atoms with E-state index in [0.29, 0.717) is 6.42 Å². The van der Waals surface area contributed by atoms with Crippen molar-refractivity contribution in [2.24, 2.45) is 5.16 Å². The molecule has 0 radical (unpaired) electrons. The van der Waals surface area contributed by atoms with E-state index in [2.05, 4.69) is 30.7 Å². The fraction of sp³-hybridized carbons (Fsp3) is 0.308. The van der Waals surface area contributed by atoms with E-state index >= 15 is 0 Å². The molecule has 8 nitrogen and oxygen atoms in total. The summed E-state index contributed by atoms with van der Waals surface area (Å²) in [7, 11) is 0. The fourth-order valence-corrected chi connectivity index (χ4v) is 2.35. The molecule has 1 aliphatic carbocycles. The Balaban J connectivity index is 1.76. The number of fused-ring (bicyclic) bond motifs is 1. The van der Waals surface area contributed by atoms with E-state index in [1.165, 1.54) is 12.1 Å². The van der Waals surface area contributed by atoms with Crippen molar-refractivity contribution in [1.82, 2.24) is 15.6 Å². The highest BCUT2D eigenvalue weighted by molar-refractivity contribution is 6.00. The minimum absolute atomic E-state index is 0.0570. The van der Waals surface area contributed by atoms with Crippen LogP contribution in [0.4, 0.5) is 10.2 Å². The molecule has 1 aliphatic rings. The van der Waals surface area contributed by atoms with E-state index in [1.807, 2.05) is 0 Å². The maximum atomic E-state index is 13.3. The summed E-state index contributed by atoms with van der Waals surface area (Å²) in [5.41, 5.74) is 2.02. The first-order valence-electron chi connectivity index (χ1n) is 6.67. The monoisotopic (exact) mass is 307 g/mol. The molecular weight excluding hydrogens is 293 g/mol.